The third-order valence-electron chi connectivity index (χ3n) is 9.25. The van der Waals surface area contributed by atoms with Gasteiger partial charge in [-0.3, -0.25) is 23.5 Å². The minimum Gasteiger partial charge on any atom is -0.355 e. The number of nitrogens with zero attached hydrogens (tertiary/aromatic N) is 1. The van der Waals surface area contributed by atoms with Gasteiger partial charge in [-0.1, -0.05) is 74.5 Å². The third-order valence-corrected chi connectivity index (χ3v) is 11.0. The van der Waals surface area contributed by atoms with E-state index in [2.05, 4.69) is 26.6 Å². The molecule has 14 heteroatoms. The van der Waals surface area contributed by atoms with E-state index in [1.165, 1.54) is 49.5 Å². The summed E-state index contributed by atoms with van der Waals surface area (Å²) in [6, 6.07) is 24.4. The van der Waals surface area contributed by atoms with Gasteiger partial charge in [-0.15, -0.1) is 0 Å². The van der Waals surface area contributed by atoms with Crippen LogP contribution in [0.4, 0.5) is 10.1 Å². The fraction of sp³-hybridized carbons (Fsp3) is 0.333. The fourth-order valence-corrected chi connectivity index (χ4v) is 7.11. The lowest BCUT2D eigenvalue weighted by molar-refractivity contribution is -0.130. The second kappa shape index (κ2) is 19.8. The highest BCUT2D eigenvalue weighted by atomic mass is 32.2. The number of nitrogens with one attached hydrogen (secondary N) is 5. The molecule has 0 aliphatic heterocycles. The monoisotopic (exact) mass is 786 g/mol. The molecule has 0 unspecified atom stereocenters. The van der Waals surface area contributed by atoms with E-state index >= 15 is 0 Å². The van der Waals surface area contributed by atoms with Crippen LogP contribution in [-0.4, -0.2) is 70.3 Å². The summed E-state index contributed by atoms with van der Waals surface area (Å²) in [7, 11) is -2.76. The van der Waals surface area contributed by atoms with E-state index in [-0.39, 0.29) is 46.0 Å². The molecule has 0 heterocycles. The number of carbonyl (C=O) groups excluding carboxylic acids is 4. The molecule has 4 rings (SSSR count). The highest BCUT2D eigenvalue weighted by molar-refractivity contribution is 7.92. The van der Waals surface area contributed by atoms with Gasteiger partial charge < -0.3 is 26.6 Å². The van der Waals surface area contributed by atoms with Gasteiger partial charge >= 0.3 is 0 Å². The number of hydrogen-bond donors (Lipinski definition) is 5. The Kier molecular flexibility index (Phi) is 15.3. The first-order valence-electron chi connectivity index (χ1n) is 18.5. The average Bonchev–Trinajstić information content (AvgIpc) is 3.19. The Labute approximate surface area is 328 Å². The molecule has 5 N–H and O–H groups in total. The second-order valence-electron chi connectivity index (χ2n) is 13.9. The van der Waals surface area contributed by atoms with Crippen molar-refractivity contribution in [1.82, 2.24) is 26.6 Å². The van der Waals surface area contributed by atoms with Crippen LogP contribution in [0, 0.1) is 11.7 Å². The highest BCUT2D eigenvalue weighted by Gasteiger charge is 2.28. The molecule has 4 amide bonds. The van der Waals surface area contributed by atoms with Gasteiger partial charge in [0.15, 0.2) is 0 Å². The molecule has 0 saturated carbocycles. The molecule has 298 valence electrons. The van der Waals surface area contributed by atoms with Crippen molar-refractivity contribution in [3.05, 3.63) is 131 Å². The van der Waals surface area contributed by atoms with Crippen molar-refractivity contribution in [3.63, 3.8) is 0 Å². The number of halogens is 1. The zero-order chi connectivity index (χ0) is 41.0. The summed E-state index contributed by atoms with van der Waals surface area (Å²) in [4.78, 5) is 53.6. The molecule has 0 aromatic heterocycles. The lowest BCUT2D eigenvalue weighted by Crippen LogP contribution is -2.55. The predicted octanol–water partition coefficient (Wildman–Crippen LogP) is 4.74. The number of rotatable bonds is 18. The average molecular weight is 787 g/mol. The van der Waals surface area contributed by atoms with Crippen molar-refractivity contribution in [2.24, 2.45) is 5.92 Å². The number of benzene rings is 4. The van der Waals surface area contributed by atoms with Gasteiger partial charge in [-0.25, -0.2) is 12.8 Å². The number of amides is 4. The first-order chi connectivity index (χ1) is 26.6. The van der Waals surface area contributed by atoms with E-state index in [1.54, 1.807) is 51.1 Å². The van der Waals surface area contributed by atoms with Crippen molar-refractivity contribution < 1.29 is 32.0 Å². The molecule has 0 aliphatic carbocycles. The maximum absolute atomic E-state index is 14.1. The minimum absolute atomic E-state index is 0.0164. The van der Waals surface area contributed by atoms with E-state index in [9.17, 15) is 32.0 Å². The molecule has 4 aromatic carbocycles. The first-order valence-corrected chi connectivity index (χ1v) is 20.0. The van der Waals surface area contributed by atoms with Crippen LogP contribution < -0.4 is 30.9 Å². The first kappa shape index (κ1) is 43.1. The zero-order valence-electron chi connectivity index (χ0n) is 32.5. The number of hydrogen-bond acceptors (Lipinski definition) is 7. The smallest absolute Gasteiger partial charge is 0.264 e. The molecular formula is C42H51FN6O6S. The molecule has 0 radical (unpaired) electrons. The normalized spacial score (nSPS) is 13.5. The predicted molar refractivity (Wildman–Crippen MR) is 215 cm³/mol. The van der Waals surface area contributed by atoms with Gasteiger partial charge in [0.2, 0.25) is 11.8 Å². The zero-order valence-corrected chi connectivity index (χ0v) is 33.3. The Morgan fingerprint density at radius 1 is 0.732 bits per heavy atom. The molecule has 12 nitrogen and oxygen atoms in total. The topological polar surface area (TPSA) is 166 Å². The maximum atomic E-state index is 14.1. The van der Waals surface area contributed by atoms with Gasteiger partial charge in [0.1, 0.15) is 11.9 Å². The Hall–Kier alpha value is -5.60. The summed E-state index contributed by atoms with van der Waals surface area (Å²) in [6.07, 6.45) is 0.367. The SMILES string of the molecule is CCNC(=O)[C@@H](NC(=O)[C@H](C)NC[C@H](Cc1ccccc1)NC(=O)c1cc(C(=O)N[C@H](C)c2ccc(F)cc2)cc(N(C)S(=O)(=O)c2ccccc2)c1)C(C)C. The quantitative estimate of drug-likeness (QED) is 0.0973. The van der Waals surface area contributed by atoms with Crippen LogP contribution in [0.15, 0.2) is 108 Å². The van der Waals surface area contributed by atoms with Gasteiger partial charge in [0.25, 0.3) is 21.8 Å². The Morgan fingerprint density at radius 2 is 1.30 bits per heavy atom. The number of likely N-dealkylation sites (N-methyl/N-ethyl adjacent to an activating group) is 1. The molecule has 4 aromatic rings. The van der Waals surface area contributed by atoms with Gasteiger partial charge in [0, 0.05) is 37.3 Å². The van der Waals surface area contributed by atoms with E-state index in [0.29, 0.717) is 18.5 Å². The van der Waals surface area contributed by atoms with Crippen LogP contribution in [0.3, 0.4) is 0 Å². The van der Waals surface area contributed by atoms with Crippen LogP contribution in [0.1, 0.15) is 72.5 Å². The molecule has 56 heavy (non-hydrogen) atoms. The van der Waals surface area contributed by atoms with Crippen LogP contribution in [0.5, 0.6) is 0 Å². The molecular weight excluding hydrogens is 736 g/mol. The summed E-state index contributed by atoms with van der Waals surface area (Å²) in [5.74, 6) is -2.42. The van der Waals surface area contributed by atoms with Crippen LogP contribution in [0.25, 0.3) is 0 Å². The van der Waals surface area contributed by atoms with Gasteiger partial charge in [0.05, 0.1) is 22.7 Å². The number of anilines is 1. The van der Waals surface area contributed by atoms with Crippen molar-refractivity contribution in [2.75, 3.05) is 24.4 Å². The van der Waals surface area contributed by atoms with Crippen LogP contribution in [-0.2, 0) is 26.0 Å². The van der Waals surface area contributed by atoms with Crippen LogP contribution >= 0.6 is 0 Å². The Balaban J connectivity index is 1.63. The van der Waals surface area contributed by atoms with Crippen LogP contribution in [0.2, 0.25) is 0 Å². The molecule has 0 aliphatic rings. The van der Waals surface area contributed by atoms with Crippen molar-refractivity contribution in [3.8, 4) is 0 Å². The molecule has 0 saturated heterocycles. The van der Waals surface area contributed by atoms with Crippen molar-refractivity contribution in [1.29, 1.82) is 0 Å². The van der Waals surface area contributed by atoms with E-state index in [4.69, 9.17) is 0 Å². The molecule has 0 bridgehead atoms. The Morgan fingerprint density at radius 3 is 1.88 bits per heavy atom. The molecule has 4 atom stereocenters. The summed E-state index contributed by atoms with van der Waals surface area (Å²) in [5, 5.41) is 14.6. The highest BCUT2D eigenvalue weighted by Crippen LogP contribution is 2.26. The summed E-state index contributed by atoms with van der Waals surface area (Å²) >= 11 is 0. The van der Waals surface area contributed by atoms with Crippen molar-refractivity contribution >= 4 is 39.3 Å². The van der Waals surface area contributed by atoms with E-state index < -0.39 is 51.8 Å². The molecule has 0 spiro atoms. The lowest BCUT2D eigenvalue weighted by Gasteiger charge is -2.26. The van der Waals surface area contributed by atoms with Gasteiger partial charge in [-0.05, 0) is 86.7 Å². The molecule has 0 fully saturated rings. The lowest BCUT2D eigenvalue weighted by atomic mass is 10.0. The Bertz CT molecular complexity index is 2070. The number of carbonyl (C=O) groups is 4. The minimum atomic E-state index is -4.10. The standard InChI is InChI=1S/C42H51FN6O6S/c1-7-44-42(53)38(27(2)3)48-39(50)29(5)45-26-35(22-30-14-10-8-11-15-30)47-41(52)33-23-32(40(51)46-28(4)31-18-20-34(43)21-19-31)24-36(25-33)49(6)56(54,55)37-16-12-9-13-17-37/h8-21,23-25,27-29,35,38,45H,7,22,26H2,1-6H3,(H,44,53)(H,46,51)(H,47,52)(H,48,50)/t28-,29+,35+,38+/m1/s1. The van der Waals surface area contributed by atoms with E-state index in [0.717, 1.165) is 9.87 Å². The third kappa shape index (κ3) is 11.7. The summed E-state index contributed by atoms with van der Waals surface area (Å²) in [5.41, 5.74) is 1.65. The summed E-state index contributed by atoms with van der Waals surface area (Å²) in [6.45, 7) is 9.44. The second-order valence-corrected chi connectivity index (χ2v) is 15.9. The maximum Gasteiger partial charge on any atom is 0.264 e. The fourth-order valence-electron chi connectivity index (χ4n) is 5.91. The van der Waals surface area contributed by atoms with Gasteiger partial charge in [-0.2, -0.15) is 0 Å². The largest absolute Gasteiger partial charge is 0.355 e. The van der Waals surface area contributed by atoms with E-state index in [1.807, 2.05) is 44.2 Å². The van der Waals surface area contributed by atoms with Crippen molar-refractivity contribution in [2.45, 2.75) is 70.1 Å². The summed E-state index contributed by atoms with van der Waals surface area (Å²) < 4.78 is 41.9. The number of sulfonamides is 1.